The molecule has 1 amide bonds. The van der Waals surface area contributed by atoms with Gasteiger partial charge in [0.1, 0.15) is 0 Å². The van der Waals surface area contributed by atoms with Crippen molar-refractivity contribution in [2.75, 3.05) is 32.1 Å². The Kier molecular flexibility index (Phi) is 7.60. The van der Waals surface area contributed by atoms with E-state index >= 15 is 0 Å². The molecule has 0 atom stereocenters. The number of nitrogens with zero attached hydrogens (tertiary/aromatic N) is 1. The molecule has 9 nitrogen and oxygen atoms in total. The van der Waals surface area contributed by atoms with E-state index in [1.807, 2.05) is 0 Å². The third-order valence-electron chi connectivity index (χ3n) is 4.96. The second-order valence-electron chi connectivity index (χ2n) is 7.15. The van der Waals surface area contributed by atoms with Crippen LogP contribution in [0.5, 0.6) is 0 Å². The number of methoxy groups -OCH3 is 1. The van der Waals surface area contributed by atoms with Gasteiger partial charge < -0.3 is 14.8 Å². The number of esters is 2. The minimum atomic E-state index is -3.70. The summed E-state index contributed by atoms with van der Waals surface area (Å²) < 4.78 is 36.7. The summed E-state index contributed by atoms with van der Waals surface area (Å²) in [5.74, 6) is -2.12. The molecule has 0 bridgehead atoms. The van der Waals surface area contributed by atoms with E-state index in [0.29, 0.717) is 13.1 Å². The molecule has 170 valence electrons. The number of hydrogen-bond donors (Lipinski definition) is 1. The van der Waals surface area contributed by atoms with Crippen molar-refractivity contribution in [3.8, 4) is 0 Å². The van der Waals surface area contributed by atoms with E-state index in [1.165, 1.54) is 47.8 Å². The van der Waals surface area contributed by atoms with Gasteiger partial charge >= 0.3 is 11.9 Å². The lowest BCUT2D eigenvalue weighted by atomic mass is 10.2. The zero-order valence-electron chi connectivity index (χ0n) is 17.6. The standard InChI is InChI=1S/C22H24N2O7S/c1-30-22(27)18-10-3-4-11-19(18)23-20(25)15-31-21(26)16-8-7-9-17(14-16)32(28,29)24-12-5-2-6-13-24/h3-4,7-11,14H,2,5-6,12-13,15H2,1H3,(H,23,25). The molecule has 1 aliphatic rings. The van der Waals surface area contributed by atoms with E-state index < -0.39 is 34.5 Å². The molecule has 10 heteroatoms. The smallest absolute Gasteiger partial charge is 0.339 e. The van der Waals surface area contributed by atoms with Crippen molar-refractivity contribution in [3.63, 3.8) is 0 Å². The average molecular weight is 461 g/mol. The molecule has 3 rings (SSSR count). The molecule has 1 heterocycles. The quantitative estimate of drug-likeness (QED) is 0.630. The first-order valence-corrected chi connectivity index (χ1v) is 11.5. The summed E-state index contributed by atoms with van der Waals surface area (Å²) >= 11 is 0. The molecule has 0 aromatic heterocycles. The highest BCUT2D eigenvalue weighted by Crippen LogP contribution is 2.22. The Bertz CT molecular complexity index is 1110. The topological polar surface area (TPSA) is 119 Å². The minimum Gasteiger partial charge on any atom is -0.465 e. The first-order chi connectivity index (χ1) is 15.3. The van der Waals surface area contributed by atoms with Crippen LogP contribution in [0.15, 0.2) is 53.4 Å². The molecule has 0 radical (unpaired) electrons. The van der Waals surface area contributed by atoms with E-state index in [0.717, 1.165) is 19.3 Å². The van der Waals surface area contributed by atoms with E-state index in [4.69, 9.17) is 4.74 Å². The maximum Gasteiger partial charge on any atom is 0.339 e. The Morgan fingerprint density at radius 1 is 0.969 bits per heavy atom. The zero-order valence-corrected chi connectivity index (χ0v) is 18.4. The van der Waals surface area contributed by atoms with E-state index in [1.54, 1.807) is 12.1 Å². The Balaban J connectivity index is 1.64. The lowest BCUT2D eigenvalue weighted by Crippen LogP contribution is -2.35. The van der Waals surface area contributed by atoms with Crippen LogP contribution in [0.1, 0.15) is 40.0 Å². The lowest BCUT2D eigenvalue weighted by Gasteiger charge is -2.25. The number of anilines is 1. The highest BCUT2D eigenvalue weighted by atomic mass is 32.2. The van der Waals surface area contributed by atoms with Gasteiger partial charge in [-0.1, -0.05) is 24.6 Å². The van der Waals surface area contributed by atoms with Crippen molar-refractivity contribution in [1.82, 2.24) is 4.31 Å². The summed E-state index contributed by atoms with van der Waals surface area (Å²) in [5, 5.41) is 2.49. The summed E-state index contributed by atoms with van der Waals surface area (Å²) in [6.07, 6.45) is 2.59. The molecule has 32 heavy (non-hydrogen) atoms. The number of carbonyl (C=O) groups is 3. The lowest BCUT2D eigenvalue weighted by molar-refractivity contribution is -0.119. The maximum atomic E-state index is 12.8. The first kappa shape index (κ1) is 23.4. The molecular formula is C22H24N2O7S. The number of amides is 1. The number of carbonyl (C=O) groups excluding carboxylic acids is 3. The SMILES string of the molecule is COC(=O)c1ccccc1NC(=O)COC(=O)c1cccc(S(=O)(=O)N2CCCCC2)c1. The van der Waals surface area contributed by atoms with Gasteiger partial charge in [-0.25, -0.2) is 18.0 Å². The highest BCUT2D eigenvalue weighted by Gasteiger charge is 2.26. The molecule has 0 saturated carbocycles. The van der Waals surface area contributed by atoms with Gasteiger partial charge in [0.15, 0.2) is 6.61 Å². The third-order valence-corrected chi connectivity index (χ3v) is 6.86. The van der Waals surface area contributed by atoms with E-state index in [-0.39, 0.29) is 21.7 Å². The number of piperidine rings is 1. The number of rotatable bonds is 7. The molecule has 1 fully saturated rings. The fourth-order valence-electron chi connectivity index (χ4n) is 3.32. The van der Waals surface area contributed by atoms with Gasteiger partial charge in [0.25, 0.3) is 5.91 Å². The van der Waals surface area contributed by atoms with Crippen molar-refractivity contribution < 1.29 is 32.3 Å². The van der Waals surface area contributed by atoms with Gasteiger partial charge in [0.2, 0.25) is 10.0 Å². The minimum absolute atomic E-state index is 0.00491. The molecule has 2 aromatic rings. The van der Waals surface area contributed by atoms with Crippen LogP contribution >= 0.6 is 0 Å². The maximum absolute atomic E-state index is 12.8. The second-order valence-corrected chi connectivity index (χ2v) is 9.09. The van der Waals surface area contributed by atoms with Crippen LogP contribution < -0.4 is 5.32 Å². The Labute approximate surface area is 186 Å². The van der Waals surface area contributed by atoms with Crippen molar-refractivity contribution in [2.45, 2.75) is 24.2 Å². The van der Waals surface area contributed by atoms with Crippen LogP contribution in [0.2, 0.25) is 0 Å². The van der Waals surface area contributed by atoms with Crippen LogP contribution in [0, 0.1) is 0 Å². The third kappa shape index (κ3) is 5.51. The van der Waals surface area contributed by atoms with Gasteiger partial charge in [0, 0.05) is 13.1 Å². The highest BCUT2D eigenvalue weighted by molar-refractivity contribution is 7.89. The summed E-state index contributed by atoms with van der Waals surface area (Å²) in [5.41, 5.74) is 0.395. The largest absolute Gasteiger partial charge is 0.465 e. The average Bonchev–Trinajstić information content (AvgIpc) is 2.83. The van der Waals surface area contributed by atoms with Gasteiger partial charge in [0.05, 0.1) is 28.8 Å². The summed E-state index contributed by atoms with van der Waals surface area (Å²) in [7, 11) is -2.48. The first-order valence-electron chi connectivity index (χ1n) is 10.1. The van der Waals surface area contributed by atoms with Crippen LogP contribution in [-0.2, 0) is 24.3 Å². The van der Waals surface area contributed by atoms with Crippen LogP contribution in [-0.4, -0.2) is 57.4 Å². The monoisotopic (exact) mass is 460 g/mol. The molecule has 0 spiro atoms. The van der Waals surface area contributed by atoms with Crippen molar-refractivity contribution >= 4 is 33.6 Å². The predicted molar refractivity (Wildman–Crippen MR) is 116 cm³/mol. The van der Waals surface area contributed by atoms with Crippen LogP contribution in [0.4, 0.5) is 5.69 Å². The van der Waals surface area contributed by atoms with Crippen LogP contribution in [0.3, 0.4) is 0 Å². The molecule has 1 saturated heterocycles. The summed E-state index contributed by atoms with van der Waals surface area (Å²) in [4.78, 5) is 36.4. The number of hydrogen-bond acceptors (Lipinski definition) is 7. The molecule has 0 aliphatic carbocycles. The van der Waals surface area contributed by atoms with Crippen molar-refractivity contribution in [2.24, 2.45) is 0 Å². The van der Waals surface area contributed by atoms with Crippen LogP contribution in [0.25, 0.3) is 0 Å². The Morgan fingerprint density at radius 3 is 2.41 bits per heavy atom. The van der Waals surface area contributed by atoms with E-state index in [9.17, 15) is 22.8 Å². The fraction of sp³-hybridized carbons (Fsp3) is 0.318. The molecule has 0 unspecified atom stereocenters. The Morgan fingerprint density at radius 2 is 1.69 bits per heavy atom. The number of para-hydroxylation sites is 1. The normalized spacial score (nSPS) is 14.4. The van der Waals surface area contributed by atoms with Gasteiger partial charge in [-0.15, -0.1) is 0 Å². The zero-order chi connectivity index (χ0) is 23.1. The van der Waals surface area contributed by atoms with Gasteiger partial charge in [-0.3, -0.25) is 4.79 Å². The number of sulfonamides is 1. The summed E-state index contributed by atoms with van der Waals surface area (Å²) in [6, 6.07) is 11.8. The van der Waals surface area contributed by atoms with Gasteiger partial charge in [-0.2, -0.15) is 4.31 Å². The van der Waals surface area contributed by atoms with Gasteiger partial charge in [-0.05, 0) is 43.2 Å². The number of ether oxygens (including phenoxy) is 2. The molecule has 1 N–H and O–H groups in total. The van der Waals surface area contributed by atoms with E-state index in [2.05, 4.69) is 10.1 Å². The second kappa shape index (κ2) is 10.4. The number of benzene rings is 2. The van der Waals surface area contributed by atoms with Crippen molar-refractivity contribution in [3.05, 3.63) is 59.7 Å². The molecule has 1 aliphatic heterocycles. The Hall–Kier alpha value is -3.24. The molecule has 2 aromatic carbocycles. The fourth-order valence-corrected chi connectivity index (χ4v) is 4.88. The summed E-state index contributed by atoms with van der Waals surface area (Å²) in [6.45, 7) is 0.284. The predicted octanol–water partition coefficient (Wildman–Crippen LogP) is 2.44. The molecular weight excluding hydrogens is 436 g/mol. The number of nitrogens with one attached hydrogen (secondary N) is 1. The van der Waals surface area contributed by atoms with Crippen molar-refractivity contribution in [1.29, 1.82) is 0 Å².